The standard InChI is InChI=1S/C19H17N3O2/c1-12-9-14(7-8-17(12)22-24)13(2)21-19(23)16-10-15-5-3-4-6-18(15)20-11-16/h3-11,13H,1-2H3,(H,21,23)/t13-/m1/s1. The highest BCUT2D eigenvalue weighted by molar-refractivity contribution is 5.97. The van der Waals surface area contributed by atoms with Crippen LogP contribution in [0.2, 0.25) is 0 Å². The van der Waals surface area contributed by atoms with E-state index in [1.807, 2.05) is 50.2 Å². The van der Waals surface area contributed by atoms with Gasteiger partial charge in [0.1, 0.15) is 5.69 Å². The van der Waals surface area contributed by atoms with E-state index in [0.717, 1.165) is 22.0 Å². The summed E-state index contributed by atoms with van der Waals surface area (Å²) < 4.78 is 0. The topological polar surface area (TPSA) is 71.4 Å². The fourth-order valence-electron chi connectivity index (χ4n) is 2.61. The van der Waals surface area contributed by atoms with E-state index in [1.165, 1.54) is 0 Å². The number of hydrogen-bond donors (Lipinski definition) is 1. The molecule has 2 aromatic carbocycles. The van der Waals surface area contributed by atoms with Crippen molar-refractivity contribution < 1.29 is 4.79 Å². The fraction of sp³-hybridized carbons (Fsp3) is 0.158. The van der Waals surface area contributed by atoms with E-state index in [9.17, 15) is 9.70 Å². The third kappa shape index (κ3) is 3.15. The third-order valence-electron chi connectivity index (χ3n) is 4.02. The minimum atomic E-state index is -0.191. The van der Waals surface area contributed by atoms with Crippen molar-refractivity contribution in [1.82, 2.24) is 10.3 Å². The molecule has 1 N–H and O–H groups in total. The van der Waals surface area contributed by atoms with E-state index >= 15 is 0 Å². The Bertz CT molecular complexity index is 921. The number of pyridine rings is 1. The predicted molar refractivity (Wildman–Crippen MR) is 94.3 cm³/mol. The van der Waals surface area contributed by atoms with Crippen molar-refractivity contribution in [2.24, 2.45) is 5.18 Å². The maximum atomic E-state index is 12.5. The summed E-state index contributed by atoms with van der Waals surface area (Å²) in [5.74, 6) is -0.184. The fourth-order valence-corrected chi connectivity index (χ4v) is 2.61. The molecule has 0 saturated carbocycles. The minimum Gasteiger partial charge on any atom is -0.345 e. The van der Waals surface area contributed by atoms with Gasteiger partial charge in [-0.2, -0.15) is 0 Å². The summed E-state index contributed by atoms with van der Waals surface area (Å²) in [6.07, 6.45) is 1.58. The van der Waals surface area contributed by atoms with Gasteiger partial charge in [-0.25, -0.2) is 0 Å². The van der Waals surface area contributed by atoms with E-state index in [0.29, 0.717) is 11.3 Å². The normalized spacial score (nSPS) is 11.9. The average molecular weight is 319 g/mol. The Hall–Kier alpha value is -3.08. The molecule has 1 aromatic heterocycles. The van der Waals surface area contributed by atoms with Crippen LogP contribution in [-0.2, 0) is 0 Å². The summed E-state index contributed by atoms with van der Waals surface area (Å²) in [6.45, 7) is 3.72. The monoisotopic (exact) mass is 319 g/mol. The highest BCUT2D eigenvalue weighted by Crippen LogP contribution is 2.23. The second-order valence-electron chi connectivity index (χ2n) is 5.75. The van der Waals surface area contributed by atoms with E-state index < -0.39 is 0 Å². The minimum absolute atomic E-state index is 0.184. The van der Waals surface area contributed by atoms with Crippen LogP contribution >= 0.6 is 0 Å². The van der Waals surface area contributed by atoms with Crippen LogP contribution in [-0.4, -0.2) is 10.9 Å². The molecule has 3 aromatic rings. The summed E-state index contributed by atoms with van der Waals surface area (Å²) in [5, 5.41) is 6.84. The highest BCUT2D eigenvalue weighted by Gasteiger charge is 2.13. The summed E-state index contributed by atoms with van der Waals surface area (Å²) in [4.78, 5) is 27.4. The molecule has 0 aliphatic carbocycles. The van der Waals surface area contributed by atoms with Gasteiger partial charge in [0.05, 0.1) is 17.1 Å². The van der Waals surface area contributed by atoms with Gasteiger partial charge in [-0.1, -0.05) is 30.3 Å². The molecular formula is C19H17N3O2. The first-order valence-electron chi connectivity index (χ1n) is 7.68. The summed E-state index contributed by atoms with van der Waals surface area (Å²) >= 11 is 0. The van der Waals surface area contributed by atoms with Crippen LogP contribution in [0, 0.1) is 11.8 Å². The first kappa shape index (κ1) is 15.8. The molecule has 0 radical (unpaired) electrons. The summed E-state index contributed by atoms with van der Waals surface area (Å²) in [7, 11) is 0. The van der Waals surface area contributed by atoms with Crippen LogP contribution in [0.1, 0.15) is 34.5 Å². The van der Waals surface area contributed by atoms with Crippen LogP contribution in [0.25, 0.3) is 10.9 Å². The van der Waals surface area contributed by atoms with Crippen LogP contribution in [0.4, 0.5) is 5.69 Å². The molecule has 0 saturated heterocycles. The largest absolute Gasteiger partial charge is 0.345 e. The number of carbonyl (C=O) groups is 1. The lowest BCUT2D eigenvalue weighted by Crippen LogP contribution is -2.26. The van der Waals surface area contributed by atoms with Gasteiger partial charge in [-0.05, 0) is 48.4 Å². The molecule has 5 nitrogen and oxygen atoms in total. The lowest BCUT2D eigenvalue weighted by molar-refractivity contribution is 0.0939. The molecule has 3 rings (SSSR count). The van der Waals surface area contributed by atoms with Gasteiger partial charge in [0.2, 0.25) is 0 Å². The molecule has 0 aliphatic heterocycles. The summed E-state index contributed by atoms with van der Waals surface area (Å²) in [5.41, 5.74) is 3.49. The van der Waals surface area contributed by atoms with E-state index in [1.54, 1.807) is 18.3 Å². The molecule has 24 heavy (non-hydrogen) atoms. The number of benzene rings is 2. The second kappa shape index (κ2) is 6.58. The van der Waals surface area contributed by atoms with E-state index in [2.05, 4.69) is 15.5 Å². The highest BCUT2D eigenvalue weighted by atomic mass is 16.3. The number of nitroso groups, excluding NO2 is 1. The first-order valence-corrected chi connectivity index (χ1v) is 7.68. The molecule has 5 heteroatoms. The van der Waals surface area contributed by atoms with Crippen molar-refractivity contribution in [3.63, 3.8) is 0 Å². The van der Waals surface area contributed by atoms with Gasteiger partial charge in [-0.3, -0.25) is 9.78 Å². The number of hydrogen-bond acceptors (Lipinski definition) is 4. The quantitative estimate of drug-likeness (QED) is 0.723. The maximum Gasteiger partial charge on any atom is 0.253 e. The molecule has 0 aliphatic rings. The zero-order chi connectivity index (χ0) is 17.1. The van der Waals surface area contributed by atoms with Gasteiger partial charge in [0.25, 0.3) is 5.91 Å². The van der Waals surface area contributed by atoms with Gasteiger partial charge in [-0.15, -0.1) is 4.91 Å². The van der Waals surface area contributed by atoms with Crippen LogP contribution in [0.15, 0.2) is 59.9 Å². The molecule has 120 valence electrons. The van der Waals surface area contributed by atoms with E-state index in [4.69, 9.17) is 0 Å². The Morgan fingerprint density at radius 2 is 1.96 bits per heavy atom. The number of aromatic nitrogens is 1. The Labute approximate surface area is 139 Å². The zero-order valence-electron chi connectivity index (χ0n) is 13.5. The molecule has 1 heterocycles. The molecular weight excluding hydrogens is 302 g/mol. The van der Waals surface area contributed by atoms with Crippen molar-refractivity contribution >= 4 is 22.5 Å². The number of nitrogens with one attached hydrogen (secondary N) is 1. The molecule has 0 fully saturated rings. The molecule has 0 spiro atoms. The van der Waals surface area contributed by atoms with Crippen molar-refractivity contribution in [3.05, 3.63) is 76.3 Å². The Balaban J connectivity index is 1.79. The smallest absolute Gasteiger partial charge is 0.253 e. The number of nitrogens with zero attached hydrogens (tertiary/aromatic N) is 2. The molecule has 0 bridgehead atoms. The third-order valence-corrected chi connectivity index (χ3v) is 4.02. The number of amides is 1. The number of para-hydroxylation sites is 1. The number of fused-ring (bicyclic) bond motifs is 1. The Kier molecular flexibility index (Phi) is 4.33. The van der Waals surface area contributed by atoms with Crippen molar-refractivity contribution in [1.29, 1.82) is 0 Å². The van der Waals surface area contributed by atoms with Crippen LogP contribution < -0.4 is 5.32 Å². The van der Waals surface area contributed by atoms with Crippen molar-refractivity contribution in [3.8, 4) is 0 Å². The van der Waals surface area contributed by atoms with Gasteiger partial charge in [0.15, 0.2) is 0 Å². The second-order valence-corrected chi connectivity index (χ2v) is 5.75. The van der Waals surface area contributed by atoms with Crippen molar-refractivity contribution in [2.45, 2.75) is 19.9 Å². The van der Waals surface area contributed by atoms with Crippen LogP contribution in [0.5, 0.6) is 0 Å². The van der Waals surface area contributed by atoms with Gasteiger partial charge < -0.3 is 5.32 Å². The molecule has 1 amide bonds. The maximum absolute atomic E-state index is 12.5. The Morgan fingerprint density at radius 3 is 2.71 bits per heavy atom. The van der Waals surface area contributed by atoms with Gasteiger partial charge >= 0.3 is 0 Å². The summed E-state index contributed by atoms with van der Waals surface area (Å²) in [6, 6.07) is 14.6. The average Bonchev–Trinajstić information content (AvgIpc) is 2.61. The molecule has 0 unspecified atom stereocenters. The first-order chi connectivity index (χ1) is 11.6. The lowest BCUT2D eigenvalue weighted by atomic mass is 10.0. The zero-order valence-corrected chi connectivity index (χ0v) is 13.5. The number of rotatable bonds is 4. The van der Waals surface area contributed by atoms with Gasteiger partial charge in [0, 0.05) is 11.6 Å². The predicted octanol–water partition coefficient (Wildman–Crippen LogP) is 4.43. The van der Waals surface area contributed by atoms with Crippen molar-refractivity contribution in [2.75, 3.05) is 0 Å². The Morgan fingerprint density at radius 1 is 1.17 bits per heavy atom. The number of aryl methyl sites for hydroxylation is 1. The number of carbonyl (C=O) groups excluding carboxylic acids is 1. The van der Waals surface area contributed by atoms with Crippen LogP contribution in [0.3, 0.4) is 0 Å². The SMILES string of the molecule is Cc1cc([C@@H](C)NC(=O)c2cnc3ccccc3c2)ccc1N=O. The molecule has 1 atom stereocenters. The van der Waals surface area contributed by atoms with E-state index in [-0.39, 0.29) is 11.9 Å². The lowest BCUT2D eigenvalue weighted by Gasteiger charge is -2.15.